The predicted octanol–water partition coefficient (Wildman–Crippen LogP) is 3.55. The number of hydrogen-bond acceptors (Lipinski definition) is 3. The van der Waals surface area contributed by atoms with Crippen molar-refractivity contribution in [3.63, 3.8) is 0 Å². The summed E-state index contributed by atoms with van der Waals surface area (Å²) in [6.07, 6.45) is 3.62. The number of carbonyl (C=O) groups is 1. The van der Waals surface area contributed by atoms with E-state index in [1.807, 2.05) is 60.3 Å². The average Bonchev–Trinajstić information content (AvgIpc) is 3.01. The maximum absolute atomic E-state index is 13.2. The van der Waals surface area contributed by atoms with Crippen molar-refractivity contribution in [2.75, 3.05) is 5.32 Å². The lowest BCUT2D eigenvalue weighted by Gasteiger charge is -2.33. The molecule has 2 aromatic carbocycles. The molecule has 2 atom stereocenters. The van der Waals surface area contributed by atoms with Crippen LogP contribution in [0, 0.1) is 0 Å². The van der Waals surface area contributed by atoms with Gasteiger partial charge in [-0.05, 0) is 17.7 Å². The van der Waals surface area contributed by atoms with Gasteiger partial charge in [-0.15, -0.1) is 0 Å². The highest BCUT2D eigenvalue weighted by molar-refractivity contribution is 6.07. The van der Waals surface area contributed by atoms with Gasteiger partial charge in [0.2, 0.25) is 0 Å². The first-order chi connectivity index (χ1) is 11.3. The molecule has 3 aromatic rings. The molecule has 1 aromatic heterocycles. The molecule has 2 heterocycles. The molecule has 4 nitrogen and oxygen atoms in total. The van der Waals surface area contributed by atoms with E-state index in [-0.39, 0.29) is 17.7 Å². The fourth-order valence-corrected chi connectivity index (χ4v) is 3.27. The highest BCUT2D eigenvalue weighted by atomic mass is 16.1. The number of para-hydroxylation sites is 1. The minimum atomic E-state index is -0.340. The van der Waals surface area contributed by atoms with Crippen LogP contribution in [0.3, 0.4) is 0 Å². The van der Waals surface area contributed by atoms with Gasteiger partial charge in [-0.3, -0.25) is 4.79 Å². The number of nitrogens with one attached hydrogen (secondary N) is 1. The van der Waals surface area contributed by atoms with Gasteiger partial charge in [0.25, 0.3) is 0 Å². The summed E-state index contributed by atoms with van der Waals surface area (Å²) in [5, 5.41) is 3.54. The Balaban J connectivity index is 1.89. The van der Waals surface area contributed by atoms with Crippen molar-refractivity contribution >= 4 is 11.5 Å². The van der Waals surface area contributed by atoms with Gasteiger partial charge in [0, 0.05) is 30.7 Å². The van der Waals surface area contributed by atoms with Crippen molar-refractivity contribution in [2.24, 2.45) is 7.05 Å². The second kappa shape index (κ2) is 5.39. The van der Waals surface area contributed by atoms with Crippen molar-refractivity contribution < 1.29 is 4.79 Å². The maximum Gasteiger partial charge on any atom is 0.177 e. The van der Waals surface area contributed by atoms with E-state index < -0.39 is 0 Å². The van der Waals surface area contributed by atoms with Gasteiger partial charge < -0.3 is 9.88 Å². The van der Waals surface area contributed by atoms with Crippen LogP contribution in [0.1, 0.15) is 33.7 Å². The summed E-state index contributed by atoms with van der Waals surface area (Å²) in [6, 6.07) is 17.6. The Morgan fingerprint density at radius 1 is 1.04 bits per heavy atom. The number of aromatic nitrogens is 2. The first-order valence-electron chi connectivity index (χ1n) is 7.67. The lowest BCUT2D eigenvalue weighted by molar-refractivity contribution is 0.0939. The summed E-state index contributed by atoms with van der Waals surface area (Å²) < 4.78 is 1.92. The van der Waals surface area contributed by atoms with Crippen LogP contribution in [0.4, 0.5) is 5.69 Å². The Morgan fingerprint density at radius 3 is 2.52 bits per heavy atom. The normalized spacial score (nSPS) is 20.0. The Hall–Kier alpha value is -2.88. The third-order valence-corrected chi connectivity index (χ3v) is 4.41. The molecule has 0 fully saturated rings. The molecule has 0 spiro atoms. The van der Waals surface area contributed by atoms with E-state index in [4.69, 9.17) is 0 Å². The molecule has 1 aliphatic heterocycles. The lowest BCUT2D eigenvalue weighted by Crippen LogP contribution is -2.33. The Labute approximate surface area is 134 Å². The molecule has 1 aliphatic rings. The van der Waals surface area contributed by atoms with Crippen molar-refractivity contribution in [3.8, 4) is 0 Å². The largest absolute Gasteiger partial charge is 0.376 e. The third-order valence-electron chi connectivity index (χ3n) is 4.41. The monoisotopic (exact) mass is 303 g/mol. The first kappa shape index (κ1) is 13.8. The lowest BCUT2D eigenvalue weighted by atomic mass is 9.82. The molecule has 0 saturated carbocycles. The molecule has 4 heteroatoms. The predicted molar refractivity (Wildman–Crippen MR) is 89.5 cm³/mol. The van der Waals surface area contributed by atoms with Gasteiger partial charge in [0.05, 0.1) is 6.04 Å². The van der Waals surface area contributed by atoms with Crippen LogP contribution < -0.4 is 5.32 Å². The van der Waals surface area contributed by atoms with Crippen LogP contribution in [0.5, 0.6) is 0 Å². The number of nitrogens with zero attached hydrogens (tertiary/aromatic N) is 2. The maximum atomic E-state index is 13.2. The smallest absolute Gasteiger partial charge is 0.177 e. The number of imidazole rings is 1. The van der Waals surface area contributed by atoms with Crippen molar-refractivity contribution in [1.29, 1.82) is 0 Å². The highest BCUT2D eigenvalue weighted by Crippen LogP contribution is 2.41. The average molecular weight is 303 g/mol. The number of Topliss-reactive ketones (excluding diaryl/α,β-unsaturated/α-hetero) is 1. The molecule has 4 rings (SSSR count). The number of carbonyl (C=O) groups excluding carboxylic acids is 1. The van der Waals surface area contributed by atoms with Crippen LogP contribution in [0.2, 0.25) is 0 Å². The fourth-order valence-electron chi connectivity index (χ4n) is 3.27. The van der Waals surface area contributed by atoms with Crippen LogP contribution in [0.25, 0.3) is 0 Å². The van der Waals surface area contributed by atoms with E-state index in [0.717, 1.165) is 22.6 Å². The summed E-state index contributed by atoms with van der Waals surface area (Å²) >= 11 is 0. The molecule has 114 valence electrons. The SMILES string of the molecule is Cn1ccnc1C1C(=O)c2ccccc2NC1c1ccccc1. The number of fused-ring (bicyclic) bond motifs is 1. The van der Waals surface area contributed by atoms with Crippen LogP contribution in [-0.2, 0) is 7.05 Å². The zero-order valence-electron chi connectivity index (χ0n) is 12.8. The van der Waals surface area contributed by atoms with Gasteiger partial charge in [-0.2, -0.15) is 0 Å². The quantitative estimate of drug-likeness (QED) is 0.787. The molecular formula is C19H17N3O. The molecule has 23 heavy (non-hydrogen) atoms. The fraction of sp³-hybridized carbons (Fsp3) is 0.158. The number of benzene rings is 2. The van der Waals surface area contributed by atoms with E-state index in [1.54, 1.807) is 6.20 Å². The number of hydrogen-bond donors (Lipinski definition) is 1. The van der Waals surface area contributed by atoms with Crippen molar-refractivity contribution in [3.05, 3.63) is 83.9 Å². The van der Waals surface area contributed by atoms with Gasteiger partial charge >= 0.3 is 0 Å². The van der Waals surface area contributed by atoms with E-state index in [0.29, 0.717) is 0 Å². The molecular weight excluding hydrogens is 286 g/mol. The number of aryl methyl sites for hydroxylation is 1. The zero-order valence-corrected chi connectivity index (χ0v) is 12.8. The summed E-state index contributed by atoms with van der Waals surface area (Å²) in [4.78, 5) is 17.6. The van der Waals surface area contributed by atoms with E-state index in [2.05, 4.69) is 22.4 Å². The van der Waals surface area contributed by atoms with E-state index in [1.165, 1.54) is 0 Å². The van der Waals surface area contributed by atoms with Crippen molar-refractivity contribution in [2.45, 2.75) is 12.0 Å². The molecule has 0 radical (unpaired) electrons. The number of anilines is 1. The van der Waals surface area contributed by atoms with E-state index >= 15 is 0 Å². The van der Waals surface area contributed by atoms with Crippen LogP contribution in [-0.4, -0.2) is 15.3 Å². The molecule has 0 aliphatic carbocycles. The Bertz CT molecular complexity index is 854. The van der Waals surface area contributed by atoms with Crippen molar-refractivity contribution in [1.82, 2.24) is 9.55 Å². The summed E-state index contributed by atoms with van der Waals surface area (Å²) in [5.41, 5.74) is 2.70. The summed E-state index contributed by atoms with van der Waals surface area (Å²) in [5.74, 6) is 0.556. The zero-order chi connectivity index (χ0) is 15.8. The van der Waals surface area contributed by atoms with Gasteiger partial charge in [0.15, 0.2) is 5.78 Å². The third kappa shape index (κ3) is 2.23. The summed E-state index contributed by atoms with van der Waals surface area (Å²) in [6.45, 7) is 0. The molecule has 0 bridgehead atoms. The number of rotatable bonds is 2. The Morgan fingerprint density at radius 2 is 1.78 bits per heavy atom. The number of ketones is 1. The highest BCUT2D eigenvalue weighted by Gasteiger charge is 2.39. The van der Waals surface area contributed by atoms with Crippen LogP contribution >= 0.6 is 0 Å². The standard InChI is InChI=1S/C19H17N3O/c1-22-12-11-20-19(22)16-17(13-7-3-2-4-8-13)21-15-10-6-5-9-14(15)18(16)23/h2-12,16-17,21H,1H3. The van der Waals surface area contributed by atoms with Crippen LogP contribution in [0.15, 0.2) is 67.0 Å². The van der Waals surface area contributed by atoms with Gasteiger partial charge in [-0.25, -0.2) is 4.98 Å². The second-order valence-corrected chi connectivity index (χ2v) is 5.82. The Kier molecular flexibility index (Phi) is 3.23. The minimum Gasteiger partial charge on any atom is -0.376 e. The first-order valence-corrected chi connectivity index (χ1v) is 7.67. The molecule has 0 amide bonds. The molecule has 1 N–H and O–H groups in total. The van der Waals surface area contributed by atoms with Gasteiger partial charge in [0.1, 0.15) is 11.7 Å². The van der Waals surface area contributed by atoms with E-state index in [9.17, 15) is 4.79 Å². The topological polar surface area (TPSA) is 46.9 Å². The summed E-state index contributed by atoms with van der Waals surface area (Å²) in [7, 11) is 1.93. The minimum absolute atomic E-state index is 0.113. The van der Waals surface area contributed by atoms with Gasteiger partial charge in [-0.1, -0.05) is 42.5 Å². The second-order valence-electron chi connectivity index (χ2n) is 5.82. The molecule has 0 saturated heterocycles. The molecule has 2 unspecified atom stereocenters.